The molecule has 150 valence electrons. The Morgan fingerprint density at radius 2 is 1.97 bits per heavy atom. The molecule has 0 saturated carbocycles. The van der Waals surface area contributed by atoms with Crippen LogP contribution in [0, 0.1) is 23.0 Å². The molecule has 2 aromatic carbocycles. The Kier molecular flexibility index (Phi) is 4.79. The van der Waals surface area contributed by atoms with Gasteiger partial charge in [0.05, 0.1) is 22.1 Å². The molecule has 2 aliphatic heterocycles. The van der Waals surface area contributed by atoms with Gasteiger partial charge < -0.3 is 19.7 Å². The summed E-state index contributed by atoms with van der Waals surface area (Å²) >= 11 is 0. The number of nitro groups is 1. The third kappa shape index (κ3) is 3.58. The van der Waals surface area contributed by atoms with Gasteiger partial charge in [-0.25, -0.2) is 0 Å². The van der Waals surface area contributed by atoms with Gasteiger partial charge in [0.15, 0.2) is 11.5 Å². The fourth-order valence-electron chi connectivity index (χ4n) is 3.52. The maximum atomic E-state index is 12.7. The summed E-state index contributed by atoms with van der Waals surface area (Å²) in [5, 5.41) is 13.8. The maximum absolute atomic E-state index is 12.7. The molecular formula is C20H19N3O6. The van der Waals surface area contributed by atoms with Gasteiger partial charge in [-0.15, -0.1) is 0 Å². The molecule has 1 N–H and O–H groups in total. The van der Waals surface area contributed by atoms with Crippen LogP contribution >= 0.6 is 0 Å². The lowest BCUT2D eigenvalue weighted by atomic mass is 10.1. The summed E-state index contributed by atoms with van der Waals surface area (Å²) in [6.45, 7) is 2.72. The fraction of sp³-hybridized carbons (Fsp3) is 0.300. The van der Waals surface area contributed by atoms with E-state index in [0.29, 0.717) is 41.7 Å². The second-order valence-corrected chi connectivity index (χ2v) is 6.93. The predicted octanol–water partition coefficient (Wildman–Crippen LogP) is 2.67. The van der Waals surface area contributed by atoms with Crippen LogP contribution in [0.5, 0.6) is 11.5 Å². The number of nitro benzene ring substituents is 1. The molecular weight excluding hydrogens is 378 g/mol. The van der Waals surface area contributed by atoms with Crippen molar-refractivity contribution in [2.75, 3.05) is 30.0 Å². The number of hydrogen-bond donors (Lipinski definition) is 1. The minimum absolute atomic E-state index is 0.0637. The summed E-state index contributed by atoms with van der Waals surface area (Å²) in [6, 6.07) is 9.75. The summed E-state index contributed by atoms with van der Waals surface area (Å²) in [4.78, 5) is 37.3. The van der Waals surface area contributed by atoms with Crippen molar-refractivity contribution in [1.82, 2.24) is 0 Å². The summed E-state index contributed by atoms with van der Waals surface area (Å²) in [6.07, 6.45) is 0.0637. The molecule has 9 nitrogen and oxygen atoms in total. The first kappa shape index (κ1) is 18.7. The fourth-order valence-corrected chi connectivity index (χ4v) is 3.52. The number of ether oxygens (including phenoxy) is 2. The van der Waals surface area contributed by atoms with Gasteiger partial charge in [0.25, 0.3) is 5.69 Å². The van der Waals surface area contributed by atoms with Gasteiger partial charge in [-0.2, -0.15) is 0 Å². The number of fused-ring (bicyclic) bond motifs is 1. The van der Waals surface area contributed by atoms with Crippen LogP contribution in [0.2, 0.25) is 0 Å². The largest absolute Gasteiger partial charge is 0.486 e. The Morgan fingerprint density at radius 3 is 2.72 bits per heavy atom. The third-order valence-electron chi connectivity index (χ3n) is 5.09. The molecule has 0 spiro atoms. The van der Waals surface area contributed by atoms with E-state index in [0.717, 1.165) is 0 Å². The quantitative estimate of drug-likeness (QED) is 0.627. The lowest BCUT2D eigenvalue weighted by Gasteiger charge is -2.22. The molecule has 9 heteroatoms. The van der Waals surface area contributed by atoms with Crippen LogP contribution in [-0.2, 0) is 9.59 Å². The molecule has 0 radical (unpaired) electrons. The first-order valence-corrected chi connectivity index (χ1v) is 9.19. The molecule has 0 aromatic heterocycles. The van der Waals surface area contributed by atoms with Crippen molar-refractivity contribution >= 4 is 28.9 Å². The Bertz CT molecular complexity index is 1010. The lowest BCUT2D eigenvalue weighted by molar-refractivity contribution is -0.385. The van der Waals surface area contributed by atoms with Crippen LogP contribution < -0.4 is 19.7 Å². The molecule has 29 heavy (non-hydrogen) atoms. The number of carbonyl (C=O) groups excluding carboxylic acids is 2. The topological polar surface area (TPSA) is 111 Å². The summed E-state index contributed by atoms with van der Waals surface area (Å²) < 4.78 is 11.0. The highest BCUT2D eigenvalue weighted by molar-refractivity contribution is 6.04. The number of nitrogens with zero attached hydrogens (tertiary/aromatic N) is 2. The second kappa shape index (κ2) is 7.42. The molecule has 2 heterocycles. The number of anilines is 2. The molecule has 4 rings (SSSR count). The summed E-state index contributed by atoms with van der Waals surface area (Å²) in [7, 11) is 0. The standard InChI is InChI=1S/C20H19N3O6/c1-12-15(3-2-4-16(12)23(26)27)21-20(25)13-9-19(24)22(11-13)14-5-6-17-18(10-14)29-8-7-28-17/h2-6,10,13H,7-9,11H2,1H3,(H,21,25). The van der Waals surface area contributed by atoms with Gasteiger partial charge in [0.2, 0.25) is 11.8 Å². The average Bonchev–Trinajstić information content (AvgIpc) is 3.10. The van der Waals surface area contributed by atoms with Crippen molar-refractivity contribution in [2.24, 2.45) is 5.92 Å². The Morgan fingerprint density at radius 1 is 1.21 bits per heavy atom. The maximum Gasteiger partial charge on any atom is 0.274 e. The highest BCUT2D eigenvalue weighted by atomic mass is 16.6. The van der Waals surface area contributed by atoms with Gasteiger partial charge >= 0.3 is 0 Å². The zero-order valence-corrected chi connectivity index (χ0v) is 15.7. The molecule has 1 saturated heterocycles. The Balaban J connectivity index is 1.49. The number of carbonyl (C=O) groups is 2. The van der Waals surface area contributed by atoms with Crippen LogP contribution in [0.25, 0.3) is 0 Å². The van der Waals surface area contributed by atoms with Gasteiger partial charge in [-0.1, -0.05) is 6.07 Å². The molecule has 2 aromatic rings. The highest BCUT2D eigenvalue weighted by Crippen LogP contribution is 2.36. The normalized spacial score (nSPS) is 17.9. The van der Waals surface area contributed by atoms with Crippen LogP contribution in [0.3, 0.4) is 0 Å². The van der Waals surface area contributed by atoms with Crippen molar-refractivity contribution in [3.63, 3.8) is 0 Å². The van der Waals surface area contributed by atoms with Crippen molar-refractivity contribution in [2.45, 2.75) is 13.3 Å². The first-order chi connectivity index (χ1) is 13.9. The van der Waals surface area contributed by atoms with E-state index in [2.05, 4.69) is 5.32 Å². The third-order valence-corrected chi connectivity index (χ3v) is 5.09. The van der Waals surface area contributed by atoms with Crippen molar-refractivity contribution in [1.29, 1.82) is 0 Å². The van der Waals surface area contributed by atoms with Gasteiger partial charge in [0, 0.05) is 30.8 Å². The van der Waals surface area contributed by atoms with E-state index in [1.54, 1.807) is 36.1 Å². The van der Waals surface area contributed by atoms with Crippen LogP contribution in [-0.4, -0.2) is 36.5 Å². The average molecular weight is 397 g/mol. The van der Waals surface area contributed by atoms with Crippen molar-refractivity contribution in [3.8, 4) is 11.5 Å². The van der Waals surface area contributed by atoms with Crippen LogP contribution in [0.15, 0.2) is 36.4 Å². The number of hydrogen-bond acceptors (Lipinski definition) is 6. The first-order valence-electron chi connectivity index (χ1n) is 9.19. The van der Waals surface area contributed by atoms with Crippen LogP contribution in [0.4, 0.5) is 17.1 Å². The van der Waals surface area contributed by atoms with E-state index < -0.39 is 10.8 Å². The summed E-state index contributed by atoms with van der Waals surface area (Å²) in [5.41, 5.74) is 1.32. The number of nitrogens with one attached hydrogen (secondary N) is 1. The highest BCUT2D eigenvalue weighted by Gasteiger charge is 2.36. The van der Waals surface area contributed by atoms with Gasteiger partial charge in [0.1, 0.15) is 13.2 Å². The number of benzene rings is 2. The van der Waals surface area contributed by atoms with E-state index in [1.165, 1.54) is 12.1 Å². The van der Waals surface area contributed by atoms with E-state index >= 15 is 0 Å². The summed E-state index contributed by atoms with van der Waals surface area (Å²) in [5.74, 6) is 0.123. The molecule has 1 unspecified atom stereocenters. The predicted molar refractivity (Wildman–Crippen MR) is 104 cm³/mol. The number of amides is 2. The smallest absolute Gasteiger partial charge is 0.274 e. The molecule has 0 bridgehead atoms. The Hall–Kier alpha value is -3.62. The number of rotatable bonds is 4. The minimum atomic E-state index is -0.561. The van der Waals surface area contributed by atoms with E-state index in [9.17, 15) is 19.7 Å². The molecule has 1 atom stereocenters. The van der Waals surface area contributed by atoms with E-state index in [4.69, 9.17) is 9.47 Å². The van der Waals surface area contributed by atoms with E-state index in [1.807, 2.05) is 0 Å². The molecule has 1 fully saturated rings. The minimum Gasteiger partial charge on any atom is -0.486 e. The van der Waals surface area contributed by atoms with Gasteiger partial charge in [-0.05, 0) is 25.1 Å². The molecule has 0 aliphatic carbocycles. The van der Waals surface area contributed by atoms with Crippen molar-refractivity contribution in [3.05, 3.63) is 52.1 Å². The SMILES string of the molecule is Cc1c(NC(=O)C2CC(=O)N(c3ccc4c(c3)OCCO4)C2)cccc1[N+](=O)[O-]. The van der Waals surface area contributed by atoms with Crippen LogP contribution in [0.1, 0.15) is 12.0 Å². The van der Waals surface area contributed by atoms with Gasteiger partial charge in [-0.3, -0.25) is 19.7 Å². The Labute approximate surface area is 166 Å². The molecule has 2 aliphatic rings. The lowest BCUT2D eigenvalue weighted by Crippen LogP contribution is -2.28. The molecule has 2 amide bonds. The monoisotopic (exact) mass is 397 g/mol. The second-order valence-electron chi connectivity index (χ2n) is 6.93. The van der Waals surface area contributed by atoms with Crippen molar-refractivity contribution < 1.29 is 24.0 Å². The zero-order valence-electron chi connectivity index (χ0n) is 15.7. The van der Waals surface area contributed by atoms with E-state index in [-0.39, 0.29) is 30.5 Å². The zero-order chi connectivity index (χ0) is 20.5.